The molecule has 1 unspecified atom stereocenters. The Hall–Kier alpha value is -1.43. The topological polar surface area (TPSA) is 38.8 Å². The number of nitrogens with zero attached hydrogens (tertiary/aromatic N) is 3. The van der Waals surface area contributed by atoms with E-state index in [2.05, 4.69) is 52.9 Å². The summed E-state index contributed by atoms with van der Waals surface area (Å²) >= 11 is 0. The molecule has 0 aliphatic carbocycles. The van der Waals surface area contributed by atoms with E-state index in [0.717, 1.165) is 37.8 Å². The fraction of sp³-hybridized carbons (Fsp3) is 0.682. The molecule has 0 spiro atoms. The largest absolute Gasteiger partial charge is 0.348 e. The van der Waals surface area contributed by atoms with Gasteiger partial charge < -0.3 is 10.2 Å². The molecule has 0 bridgehead atoms. The first-order chi connectivity index (χ1) is 13.0. The van der Waals surface area contributed by atoms with Crippen molar-refractivity contribution in [3.05, 3.63) is 35.9 Å². The second kappa shape index (κ2) is 9.67. The van der Waals surface area contributed by atoms with Gasteiger partial charge in [0.05, 0.1) is 12.6 Å². The number of amides is 1. The molecule has 1 atom stereocenters. The number of nitrogens with one attached hydrogen (secondary N) is 1. The number of piperidine rings is 1. The highest BCUT2D eigenvalue weighted by atomic mass is 16.2. The smallest absolute Gasteiger partial charge is 0.234 e. The predicted octanol–water partition coefficient (Wildman–Crippen LogP) is 2.35. The van der Waals surface area contributed by atoms with E-state index in [1.807, 2.05) is 18.2 Å². The molecular weight excluding hydrogens is 336 g/mol. The third kappa shape index (κ3) is 5.77. The zero-order chi connectivity index (χ0) is 19.2. The molecule has 0 aromatic heterocycles. The molecule has 2 aliphatic heterocycles. The van der Waals surface area contributed by atoms with Crippen molar-refractivity contribution in [1.29, 1.82) is 0 Å². The molecule has 3 rings (SSSR count). The second-order valence-electron chi connectivity index (χ2n) is 8.37. The molecule has 2 aliphatic rings. The van der Waals surface area contributed by atoms with Gasteiger partial charge in [-0.1, -0.05) is 30.3 Å². The summed E-state index contributed by atoms with van der Waals surface area (Å²) in [4.78, 5) is 19.9. The van der Waals surface area contributed by atoms with Crippen molar-refractivity contribution < 1.29 is 4.79 Å². The van der Waals surface area contributed by atoms with Gasteiger partial charge in [-0.25, -0.2) is 0 Å². The van der Waals surface area contributed by atoms with E-state index in [-0.39, 0.29) is 11.9 Å². The maximum absolute atomic E-state index is 12.4. The van der Waals surface area contributed by atoms with E-state index < -0.39 is 0 Å². The van der Waals surface area contributed by atoms with Crippen LogP contribution in [0, 0.1) is 0 Å². The van der Waals surface area contributed by atoms with Gasteiger partial charge in [0.2, 0.25) is 5.91 Å². The molecule has 0 saturated carbocycles. The van der Waals surface area contributed by atoms with Crippen LogP contribution >= 0.6 is 0 Å². The van der Waals surface area contributed by atoms with Crippen LogP contribution in [0.4, 0.5) is 0 Å². The van der Waals surface area contributed by atoms with Gasteiger partial charge in [-0.15, -0.1) is 0 Å². The number of likely N-dealkylation sites (tertiary alicyclic amines) is 1. The third-order valence-electron chi connectivity index (χ3n) is 6.20. The number of hydrogen-bond acceptors (Lipinski definition) is 4. The Balaban J connectivity index is 1.37. The minimum absolute atomic E-state index is 0.0612. The molecule has 2 saturated heterocycles. The van der Waals surface area contributed by atoms with Crippen molar-refractivity contribution >= 4 is 5.91 Å². The van der Waals surface area contributed by atoms with E-state index in [4.69, 9.17) is 0 Å². The number of benzene rings is 1. The summed E-state index contributed by atoms with van der Waals surface area (Å²) in [5.41, 5.74) is 1.16. The monoisotopic (exact) mass is 372 g/mol. The molecule has 27 heavy (non-hydrogen) atoms. The van der Waals surface area contributed by atoms with Gasteiger partial charge in [0.15, 0.2) is 0 Å². The maximum atomic E-state index is 12.4. The molecule has 5 nitrogen and oxygen atoms in total. The SMILES string of the molecule is CC(NC(=O)CN1CCN(C2CCN(C(C)C)CC2)CC1)c1ccccc1. The van der Waals surface area contributed by atoms with Crippen molar-refractivity contribution in [2.45, 2.75) is 51.7 Å². The van der Waals surface area contributed by atoms with Gasteiger partial charge in [-0.3, -0.25) is 14.6 Å². The van der Waals surface area contributed by atoms with Gasteiger partial charge in [-0.05, 0) is 52.3 Å². The van der Waals surface area contributed by atoms with E-state index in [1.165, 1.54) is 25.9 Å². The first-order valence-corrected chi connectivity index (χ1v) is 10.6. The third-order valence-corrected chi connectivity index (χ3v) is 6.20. The zero-order valence-corrected chi connectivity index (χ0v) is 17.2. The van der Waals surface area contributed by atoms with Crippen molar-refractivity contribution in [3.8, 4) is 0 Å². The quantitative estimate of drug-likeness (QED) is 0.832. The average molecular weight is 373 g/mol. The molecule has 1 N–H and O–H groups in total. The van der Waals surface area contributed by atoms with Crippen LogP contribution in [0.25, 0.3) is 0 Å². The highest BCUT2D eigenvalue weighted by Gasteiger charge is 2.28. The number of rotatable bonds is 6. The Morgan fingerprint density at radius 3 is 2.22 bits per heavy atom. The molecule has 150 valence electrons. The minimum Gasteiger partial charge on any atom is -0.348 e. The Labute approximate surface area is 164 Å². The van der Waals surface area contributed by atoms with Crippen LogP contribution in [0.15, 0.2) is 30.3 Å². The lowest BCUT2D eigenvalue weighted by atomic mass is 10.0. The molecule has 1 aromatic carbocycles. The number of piperazine rings is 1. The van der Waals surface area contributed by atoms with Gasteiger partial charge in [0, 0.05) is 38.3 Å². The molecule has 1 aromatic rings. The van der Waals surface area contributed by atoms with Crippen molar-refractivity contribution in [2.75, 3.05) is 45.8 Å². The van der Waals surface area contributed by atoms with Crippen LogP contribution in [-0.2, 0) is 4.79 Å². The average Bonchev–Trinajstić information content (AvgIpc) is 2.69. The minimum atomic E-state index is 0.0612. The van der Waals surface area contributed by atoms with E-state index in [0.29, 0.717) is 12.6 Å². The summed E-state index contributed by atoms with van der Waals surface area (Å²) in [7, 11) is 0. The molecule has 5 heteroatoms. The van der Waals surface area contributed by atoms with Gasteiger partial charge >= 0.3 is 0 Å². The van der Waals surface area contributed by atoms with Gasteiger partial charge in [0.1, 0.15) is 0 Å². The standard InChI is InChI=1S/C22H36N4O/c1-18(2)25-11-9-21(10-12-25)26-15-13-24(14-16-26)17-22(27)23-19(3)20-7-5-4-6-8-20/h4-8,18-19,21H,9-17H2,1-3H3,(H,23,27). The number of hydrogen-bond donors (Lipinski definition) is 1. The van der Waals surface area contributed by atoms with Crippen LogP contribution in [0.5, 0.6) is 0 Å². The Morgan fingerprint density at radius 1 is 1.00 bits per heavy atom. The first-order valence-electron chi connectivity index (χ1n) is 10.6. The van der Waals surface area contributed by atoms with E-state index >= 15 is 0 Å². The van der Waals surface area contributed by atoms with Crippen LogP contribution in [-0.4, -0.2) is 78.5 Å². The lowest BCUT2D eigenvalue weighted by Gasteiger charge is -2.43. The van der Waals surface area contributed by atoms with Crippen LogP contribution < -0.4 is 5.32 Å². The zero-order valence-electron chi connectivity index (χ0n) is 17.2. The number of carbonyl (C=O) groups is 1. The lowest BCUT2D eigenvalue weighted by Crippen LogP contribution is -2.55. The predicted molar refractivity (Wildman–Crippen MR) is 111 cm³/mol. The molecule has 0 radical (unpaired) electrons. The molecule has 2 heterocycles. The fourth-order valence-corrected chi connectivity index (χ4v) is 4.37. The summed E-state index contributed by atoms with van der Waals surface area (Å²) in [5, 5.41) is 3.13. The van der Waals surface area contributed by atoms with Crippen LogP contribution in [0.2, 0.25) is 0 Å². The van der Waals surface area contributed by atoms with Crippen molar-refractivity contribution in [1.82, 2.24) is 20.0 Å². The highest BCUT2D eigenvalue weighted by Crippen LogP contribution is 2.19. The maximum Gasteiger partial charge on any atom is 0.234 e. The molecule has 1 amide bonds. The Bertz CT molecular complexity index is 575. The normalized spacial score (nSPS) is 22.1. The van der Waals surface area contributed by atoms with Crippen molar-refractivity contribution in [2.24, 2.45) is 0 Å². The summed E-state index contributed by atoms with van der Waals surface area (Å²) in [6, 6.07) is 11.6. The van der Waals surface area contributed by atoms with Crippen LogP contribution in [0.3, 0.4) is 0 Å². The van der Waals surface area contributed by atoms with Crippen LogP contribution in [0.1, 0.15) is 45.2 Å². The van der Waals surface area contributed by atoms with E-state index in [9.17, 15) is 4.79 Å². The lowest BCUT2D eigenvalue weighted by molar-refractivity contribution is -0.123. The highest BCUT2D eigenvalue weighted by molar-refractivity contribution is 5.78. The van der Waals surface area contributed by atoms with Gasteiger partial charge in [0.25, 0.3) is 0 Å². The Morgan fingerprint density at radius 2 is 1.63 bits per heavy atom. The summed E-state index contributed by atoms with van der Waals surface area (Å²) in [6.07, 6.45) is 2.57. The molecule has 2 fully saturated rings. The molecular formula is C22H36N4O. The van der Waals surface area contributed by atoms with Gasteiger partial charge in [-0.2, -0.15) is 0 Å². The Kier molecular flexibility index (Phi) is 7.27. The second-order valence-corrected chi connectivity index (χ2v) is 8.37. The van der Waals surface area contributed by atoms with Crippen molar-refractivity contribution in [3.63, 3.8) is 0 Å². The summed E-state index contributed by atoms with van der Waals surface area (Å²) in [6.45, 7) is 13.8. The summed E-state index contributed by atoms with van der Waals surface area (Å²) < 4.78 is 0. The fourth-order valence-electron chi connectivity index (χ4n) is 4.37. The first kappa shape index (κ1) is 20.3. The van der Waals surface area contributed by atoms with E-state index in [1.54, 1.807) is 0 Å². The summed E-state index contributed by atoms with van der Waals surface area (Å²) in [5.74, 6) is 0.130. The number of carbonyl (C=O) groups excluding carboxylic acids is 1.